The van der Waals surface area contributed by atoms with Crippen molar-refractivity contribution >= 4 is 11.9 Å². The summed E-state index contributed by atoms with van der Waals surface area (Å²) in [5.41, 5.74) is 1.32. The van der Waals surface area contributed by atoms with E-state index >= 15 is 0 Å². The minimum absolute atomic E-state index is 0.0877. The van der Waals surface area contributed by atoms with E-state index in [0.717, 1.165) is 38.3 Å². The lowest BCUT2D eigenvalue weighted by atomic mass is 10.1. The number of rotatable bonds is 4. The minimum Gasteiger partial charge on any atom is -0.475 e. The van der Waals surface area contributed by atoms with E-state index in [2.05, 4.69) is 4.90 Å². The molecule has 2 aliphatic heterocycles. The van der Waals surface area contributed by atoms with Crippen LogP contribution in [-0.2, 0) is 23.2 Å². The molecule has 2 saturated heterocycles. The SMILES string of the molecule is Cn1cccc1C(=O)N1CCN2C[C@H](OCc3ccccc3F)C[C@H]2C1.O=C(O)C(F)(F)F. The number of amides is 1. The van der Waals surface area contributed by atoms with Crippen LogP contribution in [0.5, 0.6) is 0 Å². The fraction of sp³-hybridized carbons (Fsp3) is 0.455. The zero-order valence-corrected chi connectivity index (χ0v) is 18.0. The normalized spacial score (nSPS) is 20.7. The predicted molar refractivity (Wildman–Crippen MR) is 110 cm³/mol. The molecule has 33 heavy (non-hydrogen) atoms. The quantitative estimate of drug-likeness (QED) is 0.695. The van der Waals surface area contributed by atoms with Gasteiger partial charge in [0.25, 0.3) is 5.91 Å². The van der Waals surface area contributed by atoms with Gasteiger partial charge in [-0.25, -0.2) is 9.18 Å². The Morgan fingerprint density at radius 3 is 2.42 bits per heavy atom. The molecule has 0 aliphatic carbocycles. The summed E-state index contributed by atoms with van der Waals surface area (Å²) in [5.74, 6) is -2.89. The van der Waals surface area contributed by atoms with Crippen LogP contribution in [0.2, 0.25) is 0 Å². The standard InChI is InChI=1S/C20H24FN3O2.C2HF3O2/c1-22-8-4-7-19(22)20(25)24-10-9-23-13-17(11-16(23)12-24)26-14-15-5-2-3-6-18(15)21;3-2(4,5)1(6)7/h2-8,16-17H,9-14H2,1H3;(H,6,7)/t16-,17+;/m0./s1. The summed E-state index contributed by atoms with van der Waals surface area (Å²) in [4.78, 5) is 25.9. The molecule has 180 valence electrons. The molecule has 11 heteroatoms. The van der Waals surface area contributed by atoms with Crippen LogP contribution in [0.3, 0.4) is 0 Å². The van der Waals surface area contributed by atoms with Crippen molar-refractivity contribution in [3.8, 4) is 0 Å². The number of aliphatic carboxylic acids is 1. The number of halogens is 4. The van der Waals surface area contributed by atoms with Gasteiger partial charge in [0.15, 0.2) is 0 Å². The molecular formula is C22H25F4N3O4. The number of carboxylic acids is 1. The summed E-state index contributed by atoms with van der Waals surface area (Å²) in [6.07, 6.45) is -2.22. The molecule has 1 amide bonds. The summed E-state index contributed by atoms with van der Waals surface area (Å²) in [7, 11) is 1.89. The summed E-state index contributed by atoms with van der Waals surface area (Å²) in [6.45, 7) is 3.47. The van der Waals surface area contributed by atoms with Crippen LogP contribution in [0.25, 0.3) is 0 Å². The van der Waals surface area contributed by atoms with Crippen molar-refractivity contribution in [3.63, 3.8) is 0 Å². The maximum atomic E-state index is 13.7. The van der Waals surface area contributed by atoms with E-state index in [1.165, 1.54) is 6.07 Å². The average Bonchev–Trinajstić information content (AvgIpc) is 3.37. The van der Waals surface area contributed by atoms with Crippen molar-refractivity contribution in [3.05, 3.63) is 59.7 Å². The first kappa shape index (κ1) is 24.7. The van der Waals surface area contributed by atoms with Gasteiger partial charge in [0.2, 0.25) is 0 Å². The Hall–Kier alpha value is -2.92. The lowest BCUT2D eigenvalue weighted by Crippen LogP contribution is -2.52. The van der Waals surface area contributed by atoms with Gasteiger partial charge in [-0.3, -0.25) is 9.69 Å². The molecule has 0 radical (unpaired) electrons. The van der Waals surface area contributed by atoms with Crippen LogP contribution in [0.4, 0.5) is 17.6 Å². The first-order valence-corrected chi connectivity index (χ1v) is 10.4. The zero-order chi connectivity index (χ0) is 24.2. The summed E-state index contributed by atoms with van der Waals surface area (Å²) < 4.78 is 53.3. The van der Waals surface area contributed by atoms with Crippen molar-refractivity contribution in [2.45, 2.75) is 31.3 Å². The van der Waals surface area contributed by atoms with Crippen LogP contribution >= 0.6 is 0 Å². The number of alkyl halides is 3. The molecule has 0 unspecified atom stereocenters. The molecule has 3 heterocycles. The van der Waals surface area contributed by atoms with E-state index in [1.807, 2.05) is 40.9 Å². The molecule has 1 N–H and O–H groups in total. The number of benzene rings is 1. The van der Waals surface area contributed by atoms with Gasteiger partial charge < -0.3 is 19.3 Å². The molecule has 1 aromatic heterocycles. The van der Waals surface area contributed by atoms with Gasteiger partial charge in [0.05, 0.1) is 12.7 Å². The van der Waals surface area contributed by atoms with Gasteiger partial charge in [0, 0.05) is 51.0 Å². The zero-order valence-electron chi connectivity index (χ0n) is 18.0. The molecule has 2 aliphatic rings. The number of hydrogen-bond acceptors (Lipinski definition) is 4. The van der Waals surface area contributed by atoms with Crippen molar-refractivity contribution < 1.29 is 37.0 Å². The fourth-order valence-electron chi connectivity index (χ4n) is 3.97. The van der Waals surface area contributed by atoms with Gasteiger partial charge in [-0.15, -0.1) is 0 Å². The molecule has 2 aromatic rings. The van der Waals surface area contributed by atoms with E-state index in [-0.39, 0.29) is 17.8 Å². The lowest BCUT2D eigenvalue weighted by Gasteiger charge is -2.37. The number of piperazine rings is 1. The van der Waals surface area contributed by atoms with Gasteiger partial charge in [-0.05, 0) is 24.6 Å². The number of nitrogens with zero attached hydrogens (tertiary/aromatic N) is 3. The third kappa shape index (κ3) is 6.32. The minimum atomic E-state index is -5.08. The first-order chi connectivity index (χ1) is 15.6. The van der Waals surface area contributed by atoms with E-state index in [9.17, 15) is 22.4 Å². The van der Waals surface area contributed by atoms with E-state index < -0.39 is 12.1 Å². The fourth-order valence-corrected chi connectivity index (χ4v) is 3.97. The highest BCUT2D eigenvalue weighted by Crippen LogP contribution is 2.26. The number of aromatic nitrogens is 1. The van der Waals surface area contributed by atoms with Crippen molar-refractivity contribution in [2.24, 2.45) is 7.05 Å². The maximum absolute atomic E-state index is 13.7. The number of ether oxygens (including phenoxy) is 1. The molecule has 2 fully saturated rings. The van der Waals surface area contributed by atoms with Crippen molar-refractivity contribution in [1.29, 1.82) is 0 Å². The highest BCUT2D eigenvalue weighted by atomic mass is 19.4. The number of carbonyl (C=O) groups excluding carboxylic acids is 1. The smallest absolute Gasteiger partial charge is 0.475 e. The second-order valence-corrected chi connectivity index (χ2v) is 7.97. The molecule has 7 nitrogen and oxygen atoms in total. The topological polar surface area (TPSA) is 75.0 Å². The molecular weight excluding hydrogens is 446 g/mol. The third-order valence-electron chi connectivity index (χ3n) is 5.70. The molecule has 0 bridgehead atoms. The maximum Gasteiger partial charge on any atom is 0.490 e. The van der Waals surface area contributed by atoms with E-state index in [0.29, 0.717) is 18.2 Å². The van der Waals surface area contributed by atoms with Gasteiger partial charge in [-0.1, -0.05) is 18.2 Å². The van der Waals surface area contributed by atoms with Crippen LogP contribution < -0.4 is 0 Å². The van der Waals surface area contributed by atoms with Crippen LogP contribution in [-0.4, -0.2) is 75.9 Å². The van der Waals surface area contributed by atoms with Gasteiger partial charge in [0.1, 0.15) is 11.5 Å². The van der Waals surface area contributed by atoms with Crippen molar-refractivity contribution in [1.82, 2.24) is 14.4 Å². The second kappa shape index (κ2) is 10.3. The molecule has 0 saturated carbocycles. The Kier molecular flexibility index (Phi) is 7.75. The van der Waals surface area contributed by atoms with Crippen LogP contribution in [0, 0.1) is 5.82 Å². The lowest BCUT2D eigenvalue weighted by molar-refractivity contribution is -0.192. The molecule has 2 atom stereocenters. The Balaban J connectivity index is 0.000000383. The number of fused-ring (bicyclic) bond motifs is 1. The average molecular weight is 471 g/mol. The van der Waals surface area contributed by atoms with Gasteiger partial charge in [-0.2, -0.15) is 13.2 Å². The third-order valence-corrected chi connectivity index (χ3v) is 5.70. The van der Waals surface area contributed by atoms with E-state index in [1.54, 1.807) is 12.1 Å². The molecule has 4 rings (SSSR count). The highest BCUT2D eigenvalue weighted by Gasteiger charge is 2.39. The van der Waals surface area contributed by atoms with Crippen LogP contribution in [0.15, 0.2) is 42.6 Å². The first-order valence-electron chi connectivity index (χ1n) is 10.4. The number of carboxylic acid groups (broad SMARTS) is 1. The molecule has 1 aromatic carbocycles. The highest BCUT2D eigenvalue weighted by molar-refractivity contribution is 5.92. The van der Waals surface area contributed by atoms with Crippen molar-refractivity contribution in [2.75, 3.05) is 26.2 Å². The van der Waals surface area contributed by atoms with E-state index in [4.69, 9.17) is 14.6 Å². The summed E-state index contributed by atoms with van der Waals surface area (Å²) in [5, 5.41) is 7.12. The van der Waals surface area contributed by atoms with Gasteiger partial charge >= 0.3 is 12.1 Å². The Labute approximate surface area is 188 Å². The largest absolute Gasteiger partial charge is 0.490 e. The van der Waals surface area contributed by atoms with Crippen LogP contribution in [0.1, 0.15) is 22.5 Å². The Morgan fingerprint density at radius 2 is 1.82 bits per heavy atom. The summed E-state index contributed by atoms with van der Waals surface area (Å²) in [6, 6.07) is 10.8. The number of aryl methyl sites for hydroxylation is 1. The number of hydrogen-bond donors (Lipinski definition) is 1. The molecule has 0 spiro atoms. The second-order valence-electron chi connectivity index (χ2n) is 7.97. The number of carbonyl (C=O) groups is 2. The monoisotopic (exact) mass is 471 g/mol. The predicted octanol–water partition coefficient (Wildman–Crippen LogP) is 2.91. The Bertz CT molecular complexity index is 979. The summed E-state index contributed by atoms with van der Waals surface area (Å²) >= 11 is 0. The Morgan fingerprint density at radius 1 is 1.12 bits per heavy atom.